The Morgan fingerprint density at radius 1 is 1.12 bits per heavy atom. The van der Waals surface area contributed by atoms with Crippen molar-refractivity contribution in [1.29, 1.82) is 0 Å². The SMILES string of the molecule is COc1cc(OC)nc(NC2(C)CCCC2)n1. The molecule has 0 unspecified atom stereocenters. The molecule has 0 spiro atoms. The fourth-order valence-electron chi connectivity index (χ4n) is 2.22. The molecule has 1 saturated carbocycles. The van der Waals surface area contributed by atoms with Crippen molar-refractivity contribution in [1.82, 2.24) is 9.97 Å². The van der Waals surface area contributed by atoms with Gasteiger partial charge in [-0.2, -0.15) is 9.97 Å². The maximum Gasteiger partial charge on any atom is 0.229 e. The molecule has 2 rings (SSSR count). The summed E-state index contributed by atoms with van der Waals surface area (Å²) in [5, 5.41) is 3.38. The Hall–Kier alpha value is -1.52. The van der Waals surface area contributed by atoms with Gasteiger partial charge in [0.2, 0.25) is 17.7 Å². The van der Waals surface area contributed by atoms with E-state index in [1.165, 1.54) is 12.8 Å². The van der Waals surface area contributed by atoms with E-state index in [4.69, 9.17) is 9.47 Å². The number of rotatable bonds is 4. The van der Waals surface area contributed by atoms with Crippen LogP contribution in [0.5, 0.6) is 11.8 Å². The van der Waals surface area contributed by atoms with Crippen LogP contribution in [-0.4, -0.2) is 29.7 Å². The summed E-state index contributed by atoms with van der Waals surface area (Å²) in [7, 11) is 3.17. The van der Waals surface area contributed by atoms with Crippen molar-refractivity contribution in [2.75, 3.05) is 19.5 Å². The predicted molar refractivity (Wildman–Crippen MR) is 65.6 cm³/mol. The van der Waals surface area contributed by atoms with Gasteiger partial charge in [-0.15, -0.1) is 0 Å². The molecule has 1 fully saturated rings. The summed E-state index contributed by atoms with van der Waals surface area (Å²) >= 11 is 0. The lowest BCUT2D eigenvalue weighted by atomic mass is 10.0. The predicted octanol–water partition coefficient (Wildman–Crippen LogP) is 2.24. The number of hydrogen-bond donors (Lipinski definition) is 1. The third-order valence-electron chi connectivity index (χ3n) is 3.22. The molecule has 0 amide bonds. The highest BCUT2D eigenvalue weighted by Crippen LogP contribution is 2.32. The molecule has 0 atom stereocenters. The van der Waals surface area contributed by atoms with Gasteiger partial charge in [-0.25, -0.2) is 0 Å². The summed E-state index contributed by atoms with van der Waals surface area (Å²) in [6.07, 6.45) is 4.81. The van der Waals surface area contributed by atoms with Crippen molar-refractivity contribution in [3.05, 3.63) is 6.07 Å². The molecule has 1 aromatic heterocycles. The lowest BCUT2D eigenvalue weighted by molar-refractivity contribution is 0.371. The molecule has 94 valence electrons. The zero-order valence-corrected chi connectivity index (χ0v) is 10.6. The Balaban J connectivity index is 2.19. The highest BCUT2D eigenvalue weighted by Gasteiger charge is 2.29. The van der Waals surface area contributed by atoms with E-state index in [9.17, 15) is 0 Å². The highest BCUT2D eigenvalue weighted by atomic mass is 16.5. The molecule has 0 bridgehead atoms. The Labute approximate surface area is 102 Å². The molecule has 0 radical (unpaired) electrons. The minimum Gasteiger partial charge on any atom is -0.481 e. The number of methoxy groups -OCH3 is 2. The Morgan fingerprint density at radius 2 is 1.65 bits per heavy atom. The van der Waals surface area contributed by atoms with Crippen LogP contribution in [0.25, 0.3) is 0 Å². The number of hydrogen-bond acceptors (Lipinski definition) is 5. The van der Waals surface area contributed by atoms with Crippen LogP contribution in [0.1, 0.15) is 32.6 Å². The summed E-state index contributed by atoms with van der Waals surface area (Å²) in [5.74, 6) is 1.60. The van der Waals surface area contributed by atoms with E-state index in [0.29, 0.717) is 17.7 Å². The molecule has 1 aromatic rings. The minimum absolute atomic E-state index is 0.0946. The minimum atomic E-state index is 0.0946. The van der Waals surface area contributed by atoms with E-state index < -0.39 is 0 Å². The van der Waals surface area contributed by atoms with Crippen LogP contribution < -0.4 is 14.8 Å². The first-order chi connectivity index (χ1) is 8.15. The second kappa shape index (κ2) is 4.77. The van der Waals surface area contributed by atoms with Gasteiger partial charge in [-0.3, -0.25) is 0 Å². The molecule has 5 nitrogen and oxygen atoms in total. The molecule has 1 N–H and O–H groups in total. The van der Waals surface area contributed by atoms with Crippen molar-refractivity contribution in [3.63, 3.8) is 0 Å². The van der Waals surface area contributed by atoms with Gasteiger partial charge in [0.1, 0.15) is 0 Å². The van der Waals surface area contributed by atoms with Gasteiger partial charge in [-0.1, -0.05) is 12.8 Å². The summed E-state index contributed by atoms with van der Waals surface area (Å²) < 4.78 is 10.2. The highest BCUT2D eigenvalue weighted by molar-refractivity contribution is 5.36. The third-order valence-corrected chi connectivity index (χ3v) is 3.22. The van der Waals surface area contributed by atoms with Crippen molar-refractivity contribution < 1.29 is 9.47 Å². The lowest BCUT2D eigenvalue weighted by Crippen LogP contribution is -2.31. The third kappa shape index (κ3) is 2.78. The van der Waals surface area contributed by atoms with Gasteiger partial charge in [0.25, 0.3) is 0 Å². The second-order valence-corrected chi connectivity index (χ2v) is 4.67. The number of nitrogens with zero attached hydrogens (tertiary/aromatic N) is 2. The number of nitrogens with one attached hydrogen (secondary N) is 1. The summed E-state index contributed by atoms with van der Waals surface area (Å²) in [6.45, 7) is 2.20. The van der Waals surface area contributed by atoms with E-state index in [2.05, 4.69) is 22.2 Å². The molecular weight excluding hydrogens is 218 g/mol. The Morgan fingerprint density at radius 3 is 2.12 bits per heavy atom. The molecule has 1 aliphatic carbocycles. The Bertz CT molecular complexity index is 367. The first-order valence-electron chi connectivity index (χ1n) is 5.90. The maximum atomic E-state index is 5.12. The van der Waals surface area contributed by atoms with Gasteiger partial charge in [0, 0.05) is 5.54 Å². The summed E-state index contributed by atoms with van der Waals surface area (Å²) in [5.41, 5.74) is 0.0946. The van der Waals surface area contributed by atoms with Crippen LogP contribution in [0.3, 0.4) is 0 Å². The number of anilines is 1. The molecule has 0 saturated heterocycles. The van der Waals surface area contributed by atoms with Gasteiger partial charge in [0.05, 0.1) is 20.3 Å². The van der Waals surface area contributed by atoms with E-state index in [-0.39, 0.29) is 5.54 Å². The van der Waals surface area contributed by atoms with Crippen LogP contribution in [0.15, 0.2) is 6.07 Å². The van der Waals surface area contributed by atoms with Gasteiger partial charge >= 0.3 is 0 Å². The van der Waals surface area contributed by atoms with Crippen LogP contribution in [0.2, 0.25) is 0 Å². The van der Waals surface area contributed by atoms with E-state index >= 15 is 0 Å². The zero-order chi connectivity index (χ0) is 12.3. The maximum absolute atomic E-state index is 5.12. The van der Waals surface area contributed by atoms with E-state index in [1.807, 2.05) is 0 Å². The monoisotopic (exact) mass is 237 g/mol. The average Bonchev–Trinajstić information content (AvgIpc) is 2.75. The topological polar surface area (TPSA) is 56.3 Å². The van der Waals surface area contributed by atoms with Crippen LogP contribution in [0, 0.1) is 0 Å². The van der Waals surface area contributed by atoms with Gasteiger partial charge in [-0.05, 0) is 19.8 Å². The van der Waals surface area contributed by atoms with Crippen molar-refractivity contribution >= 4 is 5.95 Å². The summed E-state index contributed by atoms with van der Waals surface area (Å²) in [4.78, 5) is 8.57. The smallest absolute Gasteiger partial charge is 0.229 e. The molecular formula is C12H19N3O2. The van der Waals surface area contributed by atoms with Gasteiger partial charge in [0.15, 0.2) is 0 Å². The second-order valence-electron chi connectivity index (χ2n) is 4.67. The first kappa shape index (κ1) is 12.0. The van der Waals surface area contributed by atoms with E-state index in [0.717, 1.165) is 12.8 Å². The summed E-state index contributed by atoms with van der Waals surface area (Å²) in [6, 6.07) is 1.67. The standard InChI is InChI=1S/C12H19N3O2/c1-12(6-4-5-7-12)15-11-13-9(16-2)8-10(14-11)17-3/h8H,4-7H2,1-3H3,(H,13,14,15). The largest absolute Gasteiger partial charge is 0.481 e. The lowest BCUT2D eigenvalue weighted by Gasteiger charge is -2.25. The van der Waals surface area contributed by atoms with Crippen molar-refractivity contribution in [2.24, 2.45) is 0 Å². The number of ether oxygens (including phenoxy) is 2. The normalized spacial score (nSPS) is 17.8. The van der Waals surface area contributed by atoms with E-state index in [1.54, 1.807) is 20.3 Å². The van der Waals surface area contributed by atoms with Crippen LogP contribution in [0.4, 0.5) is 5.95 Å². The fraction of sp³-hybridized carbons (Fsp3) is 0.667. The molecule has 17 heavy (non-hydrogen) atoms. The quantitative estimate of drug-likeness (QED) is 0.870. The Kier molecular flexibility index (Phi) is 3.36. The van der Waals surface area contributed by atoms with Crippen LogP contribution in [-0.2, 0) is 0 Å². The molecule has 5 heteroatoms. The van der Waals surface area contributed by atoms with Crippen molar-refractivity contribution in [2.45, 2.75) is 38.1 Å². The zero-order valence-electron chi connectivity index (χ0n) is 10.6. The molecule has 0 aliphatic heterocycles. The average molecular weight is 237 g/mol. The molecule has 0 aromatic carbocycles. The number of aromatic nitrogens is 2. The first-order valence-corrected chi connectivity index (χ1v) is 5.90. The van der Waals surface area contributed by atoms with Crippen molar-refractivity contribution in [3.8, 4) is 11.8 Å². The molecule has 1 heterocycles. The van der Waals surface area contributed by atoms with Gasteiger partial charge < -0.3 is 14.8 Å². The van der Waals surface area contributed by atoms with Crippen LogP contribution >= 0.6 is 0 Å². The fourth-order valence-corrected chi connectivity index (χ4v) is 2.22. The molecule has 1 aliphatic rings.